The smallest absolute Gasteiger partial charge is 0.252 e. The number of hydrogen-bond donors (Lipinski definition) is 3. The minimum atomic E-state index is -0.0129. The van der Waals surface area contributed by atoms with Crippen LogP contribution in [-0.4, -0.2) is 39.1 Å². The van der Waals surface area contributed by atoms with Crippen molar-refractivity contribution in [1.29, 1.82) is 0 Å². The summed E-state index contributed by atoms with van der Waals surface area (Å²) in [5.41, 5.74) is 2.14. The van der Waals surface area contributed by atoms with Crippen LogP contribution in [0.1, 0.15) is 67.3 Å². The second-order valence-electron chi connectivity index (χ2n) is 8.81. The molecule has 2 saturated carbocycles. The summed E-state index contributed by atoms with van der Waals surface area (Å²) in [5.74, 6) is 0.870. The molecular formula is C23H36ClN3O. The van der Waals surface area contributed by atoms with Gasteiger partial charge in [0, 0.05) is 19.6 Å². The first-order valence-corrected chi connectivity index (χ1v) is 11.4. The van der Waals surface area contributed by atoms with Gasteiger partial charge >= 0.3 is 0 Å². The van der Waals surface area contributed by atoms with E-state index in [9.17, 15) is 4.79 Å². The Kier molecular flexibility index (Phi) is 8.19. The number of nitrogens with one attached hydrogen (secondary N) is 3. The number of hydrogen-bond acceptors (Lipinski definition) is 3. The Morgan fingerprint density at radius 1 is 1.18 bits per heavy atom. The van der Waals surface area contributed by atoms with Gasteiger partial charge in [-0.05, 0) is 74.7 Å². The van der Waals surface area contributed by atoms with E-state index in [1.54, 1.807) is 0 Å². The van der Waals surface area contributed by atoms with Crippen LogP contribution in [0.3, 0.4) is 0 Å². The summed E-state index contributed by atoms with van der Waals surface area (Å²) in [6, 6.07) is 5.89. The van der Waals surface area contributed by atoms with E-state index < -0.39 is 0 Å². The predicted molar refractivity (Wildman–Crippen MR) is 117 cm³/mol. The highest BCUT2D eigenvalue weighted by Gasteiger charge is 2.39. The Labute approximate surface area is 175 Å². The molecule has 0 spiro atoms. The molecule has 0 aromatic heterocycles. The zero-order chi connectivity index (χ0) is 19.8. The molecule has 2 fully saturated rings. The molecule has 3 N–H and O–H groups in total. The van der Waals surface area contributed by atoms with Gasteiger partial charge < -0.3 is 16.0 Å². The second kappa shape index (κ2) is 10.6. The summed E-state index contributed by atoms with van der Waals surface area (Å²) in [6.45, 7) is 3.74. The largest absolute Gasteiger partial charge is 0.351 e. The van der Waals surface area contributed by atoms with Crippen LogP contribution in [0.5, 0.6) is 0 Å². The first-order valence-electron chi connectivity index (χ1n) is 11.0. The van der Waals surface area contributed by atoms with Crippen molar-refractivity contribution in [3.63, 3.8) is 0 Å². The second-order valence-corrected chi connectivity index (χ2v) is 9.22. The first kappa shape index (κ1) is 21.6. The van der Waals surface area contributed by atoms with Crippen LogP contribution < -0.4 is 16.0 Å². The number of aryl methyl sites for hydroxylation is 1. The highest BCUT2D eigenvalue weighted by molar-refractivity contribution is 6.33. The van der Waals surface area contributed by atoms with Crippen molar-refractivity contribution in [3.05, 3.63) is 34.3 Å². The molecule has 0 heterocycles. The molecule has 1 amide bonds. The summed E-state index contributed by atoms with van der Waals surface area (Å²) in [6.07, 6.45) is 11.2. The standard InChI is InChI=1S/C23H36ClN3O/c1-25-13-14-26-12-4-7-18-8-9-21(24)20(15-18)22(28)27-17-23-10-2-5-19(16-23)6-3-11-23/h8-9,15,19,25-26H,2-7,10-14,16-17H2,1H3,(H,27,28). The number of likely N-dealkylation sites (N-methyl/N-ethyl adjacent to an activating group) is 1. The number of fused-ring (bicyclic) bond motifs is 2. The van der Waals surface area contributed by atoms with Gasteiger partial charge in [-0.25, -0.2) is 0 Å². The Balaban J connectivity index is 1.51. The Morgan fingerprint density at radius 3 is 2.71 bits per heavy atom. The first-order chi connectivity index (χ1) is 13.6. The third-order valence-corrected chi connectivity index (χ3v) is 6.96. The van der Waals surface area contributed by atoms with Crippen molar-refractivity contribution in [2.75, 3.05) is 33.2 Å². The van der Waals surface area contributed by atoms with Crippen molar-refractivity contribution in [2.24, 2.45) is 11.3 Å². The molecule has 0 unspecified atom stereocenters. The van der Waals surface area contributed by atoms with E-state index in [0.717, 1.165) is 44.9 Å². The average Bonchev–Trinajstić information content (AvgIpc) is 2.70. The van der Waals surface area contributed by atoms with E-state index >= 15 is 0 Å². The van der Waals surface area contributed by atoms with Crippen LogP contribution in [0.4, 0.5) is 0 Å². The van der Waals surface area contributed by atoms with Gasteiger partial charge in [0.05, 0.1) is 10.6 Å². The zero-order valence-electron chi connectivity index (χ0n) is 17.3. The topological polar surface area (TPSA) is 53.2 Å². The number of carbonyl (C=O) groups is 1. The summed E-state index contributed by atoms with van der Waals surface area (Å²) < 4.78 is 0. The van der Waals surface area contributed by atoms with E-state index in [1.165, 1.54) is 50.5 Å². The quantitative estimate of drug-likeness (QED) is 0.512. The molecular weight excluding hydrogens is 370 g/mol. The molecule has 1 aromatic rings. The minimum Gasteiger partial charge on any atom is -0.351 e. The van der Waals surface area contributed by atoms with Crippen LogP contribution >= 0.6 is 11.6 Å². The number of amides is 1. The monoisotopic (exact) mass is 405 g/mol. The fourth-order valence-electron chi connectivity index (χ4n) is 5.09. The van der Waals surface area contributed by atoms with Gasteiger partial charge in [-0.3, -0.25) is 4.79 Å². The van der Waals surface area contributed by atoms with E-state index in [4.69, 9.17) is 11.6 Å². The molecule has 2 aliphatic carbocycles. The van der Waals surface area contributed by atoms with E-state index in [-0.39, 0.29) is 5.91 Å². The van der Waals surface area contributed by atoms with Crippen molar-refractivity contribution in [2.45, 2.75) is 57.8 Å². The Hall–Kier alpha value is -1.10. The molecule has 0 saturated heterocycles. The fraction of sp³-hybridized carbons (Fsp3) is 0.696. The van der Waals surface area contributed by atoms with Gasteiger partial charge in [-0.15, -0.1) is 0 Å². The molecule has 1 aromatic carbocycles. The highest BCUT2D eigenvalue weighted by Crippen LogP contribution is 2.48. The van der Waals surface area contributed by atoms with Crippen LogP contribution in [0.2, 0.25) is 5.02 Å². The lowest BCUT2D eigenvalue weighted by Gasteiger charge is -2.45. The Bertz CT molecular complexity index is 639. The lowest BCUT2D eigenvalue weighted by molar-refractivity contribution is 0.0682. The van der Waals surface area contributed by atoms with Gasteiger partial charge in [0.2, 0.25) is 0 Å². The van der Waals surface area contributed by atoms with Gasteiger partial charge in [0.1, 0.15) is 0 Å². The lowest BCUT2D eigenvalue weighted by Crippen LogP contribution is -2.43. The molecule has 4 nitrogen and oxygen atoms in total. The van der Waals surface area contributed by atoms with Crippen molar-refractivity contribution in [3.8, 4) is 0 Å². The molecule has 156 valence electrons. The van der Waals surface area contributed by atoms with Crippen LogP contribution in [0.15, 0.2) is 18.2 Å². The SMILES string of the molecule is CNCCNCCCc1ccc(Cl)c(C(=O)NCC23CCCC(CCC2)C3)c1. The molecule has 0 atom stereocenters. The molecule has 0 radical (unpaired) electrons. The van der Waals surface area contributed by atoms with E-state index in [0.29, 0.717) is 16.0 Å². The summed E-state index contributed by atoms with van der Waals surface area (Å²) in [7, 11) is 1.96. The van der Waals surface area contributed by atoms with E-state index in [1.807, 2.05) is 25.2 Å². The lowest BCUT2D eigenvalue weighted by atomic mass is 9.62. The number of carbonyl (C=O) groups excluding carboxylic acids is 1. The number of halogens is 1. The number of benzene rings is 1. The normalized spacial score (nSPS) is 24.1. The maximum absolute atomic E-state index is 12.9. The highest BCUT2D eigenvalue weighted by atomic mass is 35.5. The van der Waals surface area contributed by atoms with E-state index in [2.05, 4.69) is 16.0 Å². The molecule has 5 heteroatoms. The third-order valence-electron chi connectivity index (χ3n) is 6.63. The van der Waals surface area contributed by atoms with Gasteiger partial charge in [0.15, 0.2) is 0 Å². The zero-order valence-corrected chi connectivity index (χ0v) is 18.0. The molecule has 28 heavy (non-hydrogen) atoms. The third kappa shape index (κ3) is 5.95. The summed E-state index contributed by atoms with van der Waals surface area (Å²) in [5, 5.41) is 10.3. The maximum Gasteiger partial charge on any atom is 0.252 e. The van der Waals surface area contributed by atoms with Gasteiger partial charge in [-0.1, -0.05) is 43.4 Å². The van der Waals surface area contributed by atoms with Crippen LogP contribution in [0, 0.1) is 11.3 Å². The average molecular weight is 406 g/mol. The summed E-state index contributed by atoms with van der Waals surface area (Å²) >= 11 is 6.35. The summed E-state index contributed by atoms with van der Waals surface area (Å²) in [4.78, 5) is 12.9. The number of rotatable bonds is 10. The van der Waals surface area contributed by atoms with Crippen LogP contribution in [0.25, 0.3) is 0 Å². The Morgan fingerprint density at radius 2 is 1.96 bits per heavy atom. The predicted octanol–water partition coefficient (Wildman–Crippen LogP) is 4.17. The van der Waals surface area contributed by atoms with Gasteiger partial charge in [-0.2, -0.15) is 0 Å². The molecule has 3 rings (SSSR count). The van der Waals surface area contributed by atoms with Crippen LogP contribution in [-0.2, 0) is 6.42 Å². The van der Waals surface area contributed by atoms with Crippen molar-refractivity contribution >= 4 is 17.5 Å². The van der Waals surface area contributed by atoms with Gasteiger partial charge in [0.25, 0.3) is 5.91 Å². The molecule has 0 aliphatic heterocycles. The molecule has 2 aliphatic rings. The fourth-order valence-corrected chi connectivity index (χ4v) is 5.29. The van der Waals surface area contributed by atoms with Crippen molar-refractivity contribution in [1.82, 2.24) is 16.0 Å². The maximum atomic E-state index is 12.9. The minimum absolute atomic E-state index is 0.0129. The van der Waals surface area contributed by atoms with Crippen molar-refractivity contribution < 1.29 is 4.79 Å². The molecule has 2 bridgehead atoms.